The van der Waals surface area contributed by atoms with E-state index in [0.717, 1.165) is 42.2 Å². The van der Waals surface area contributed by atoms with E-state index in [0.29, 0.717) is 6.54 Å². The fourth-order valence-electron chi connectivity index (χ4n) is 2.56. The molecule has 1 aromatic rings. The summed E-state index contributed by atoms with van der Waals surface area (Å²) < 4.78 is 0. The summed E-state index contributed by atoms with van der Waals surface area (Å²) in [4.78, 5) is 13.3. The van der Waals surface area contributed by atoms with Crippen molar-refractivity contribution in [3.8, 4) is 0 Å². The topological polar surface area (TPSA) is 58.4 Å². The van der Waals surface area contributed by atoms with E-state index in [1.807, 2.05) is 18.2 Å². The molecule has 0 spiro atoms. The van der Waals surface area contributed by atoms with E-state index in [1.165, 1.54) is 0 Å². The molecule has 5 heteroatoms. The molecule has 3 N–H and O–H groups in total. The Hall–Kier alpha value is -1.26. The van der Waals surface area contributed by atoms with Crippen molar-refractivity contribution in [2.24, 2.45) is 5.73 Å². The number of nitrogens with one attached hydrogen (secondary N) is 1. The lowest BCUT2D eigenvalue weighted by atomic mass is 10.0. The van der Waals surface area contributed by atoms with E-state index >= 15 is 0 Å². The summed E-state index contributed by atoms with van der Waals surface area (Å²) in [5.74, 6) is 0.0452. The largest absolute Gasteiger partial charge is 0.371 e. The van der Waals surface area contributed by atoms with Gasteiger partial charge in [0.1, 0.15) is 0 Å². The van der Waals surface area contributed by atoms with Crippen molar-refractivity contribution < 1.29 is 4.79 Å². The predicted molar refractivity (Wildman–Crippen MR) is 78.4 cm³/mol. The van der Waals surface area contributed by atoms with Crippen molar-refractivity contribution in [2.75, 3.05) is 18.0 Å². The number of nitrogens with zero attached hydrogens (tertiary/aromatic N) is 1. The number of nitrogens with two attached hydrogens (primary N) is 1. The summed E-state index contributed by atoms with van der Waals surface area (Å²) in [6, 6.07) is 6.12. The van der Waals surface area contributed by atoms with Crippen LogP contribution in [0, 0.1) is 0 Å². The normalized spacial score (nSPS) is 16.5. The highest BCUT2D eigenvalue weighted by molar-refractivity contribution is 6.30. The maximum absolute atomic E-state index is 11.0. The molecule has 1 heterocycles. The van der Waals surface area contributed by atoms with Gasteiger partial charge >= 0.3 is 0 Å². The number of amides is 1. The summed E-state index contributed by atoms with van der Waals surface area (Å²) in [5.41, 5.74) is 8.01. The highest BCUT2D eigenvalue weighted by atomic mass is 35.5. The zero-order valence-electron chi connectivity index (χ0n) is 11.2. The first-order valence-electron chi connectivity index (χ1n) is 6.60. The average molecular weight is 282 g/mol. The number of carbonyl (C=O) groups is 1. The Morgan fingerprint density at radius 3 is 2.74 bits per heavy atom. The van der Waals surface area contributed by atoms with Crippen LogP contribution < -0.4 is 16.0 Å². The number of rotatable bonds is 3. The second kappa shape index (κ2) is 6.26. The first-order chi connectivity index (χ1) is 9.10. The Kier molecular flexibility index (Phi) is 4.66. The van der Waals surface area contributed by atoms with Crippen LogP contribution in [0.4, 0.5) is 5.69 Å². The lowest BCUT2D eigenvalue weighted by Gasteiger charge is -2.35. The maximum atomic E-state index is 11.0. The predicted octanol–water partition coefficient (Wildman–Crippen LogP) is 1.90. The summed E-state index contributed by atoms with van der Waals surface area (Å²) in [6.07, 6.45) is 1.91. The van der Waals surface area contributed by atoms with Gasteiger partial charge in [0.2, 0.25) is 5.91 Å². The lowest BCUT2D eigenvalue weighted by molar-refractivity contribution is -0.119. The molecular weight excluding hydrogens is 262 g/mol. The Labute approximate surface area is 118 Å². The Balaban J connectivity index is 2.05. The summed E-state index contributed by atoms with van der Waals surface area (Å²) >= 11 is 6.07. The van der Waals surface area contributed by atoms with E-state index < -0.39 is 0 Å². The van der Waals surface area contributed by atoms with Gasteiger partial charge in [-0.15, -0.1) is 0 Å². The molecule has 4 nitrogen and oxygen atoms in total. The van der Waals surface area contributed by atoms with Crippen molar-refractivity contribution in [1.82, 2.24) is 5.32 Å². The van der Waals surface area contributed by atoms with Gasteiger partial charge in [0.05, 0.1) is 0 Å². The van der Waals surface area contributed by atoms with Crippen LogP contribution in [0.2, 0.25) is 5.02 Å². The van der Waals surface area contributed by atoms with Crippen LogP contribution in [0.3, 0.4) is 0 Å². The molecule has 0 bridgehead atoms. The monoisotopic (exact) mass is 281 g/mol. The Bertz CT molecular complexity index is 456. The highest BCUT2D eigenvalue weighted by Crippen LogP contribution is 2.27. The third kappa shape index (κ3) is 3.61. The zero-order chi connectivity index (χ0) is 13.8. The van der Waals surface area contributed by atoms with Gasteiger partial charge in [-0.3, -0.25) is 4.79 Å². The molecule has 1 aromatic carbocycles. The molecule has 0 radical (unpaired) electrons. The average Bonchev–Trinajstić information content (AvgIpc) is 2.39. The smallest absolute Gasteiger partial charge is 0.217 e. The van der Waals surface area contributed by atoms with Crippen LogP contribution in [0.1, 0.15) is 25.3 Å². The quantitative estimate of drug-likeness (QED) is 0.890. The SMILES string of the molecule is CC(=O)NC1CCN(c2cc(Cl)ccc2CN)CC1. The van der Waals surface area contributed by atoms with Gasteiger partial charge in [-0.2, -0.15) is 0 Å². The zero-order valence-corrected chi connectivity index (χ0v) is 11.9. The van der Waals surface area contributed by atoms with Gasteiger partial charge in [-0.1, -0.05) is 17.7 Å². The molecule has 104 valence electrons. The minimum atomic E-state index is 0.0452. The Morgan fingerprint density at radius 1 is 1.47 bits per heavy atom. The van der Waals surface area contributed by atoms with Gasteiger partial charge in [-0.25, -0.2) is 0 Å². The standard InChI is InChI=1S/C14H20ClN3O/c1-10(19)17-13-4-6-18(7-5-13)14-8-12(15)3-2-11(14)9-16/h2-3,8,13H,4-7,9,16H2,1H3,(H,17,19). The van der Waals surface area contributed by atoms with Crippen molar-refractivity contribution in [1.29, 1.82) is 0 Å². The summed E-state index contributed by atoms with van der Waals surface area (Å²) in [5, 5.41) is 3.71. The number of piperidine rings is 1. The molecule has 2 rings (SSSR count). The first-order valence-corrected chi connectivity index (χ1v) is 6.98. The minimum Gasteiger partial charge on any atom is -0.371 e. The van der Waals surface area contributed by atoms with E-state index in [-0.39, 0.29) is 11.9 Å². The van der Waals surface area contributed by atoms with Crippen molar-refractivity contribution in [3.63, 3.8) is 0 Å². The second-order valence-electron chi connectivity index (χ2n) is 4.94. The molecular formula is C14H20ClN3O. The molecule has 1 saturated heterocycles. The minimum absolute atomic E-state index is 0.0452. The molecule has 0 atom stereocenters. The van der Waals surface area contributed by atoms with Gasteiger partial charge in [-0.05, 0) is 30.5 Å². The van der Waals surface area contributed by atoms with Crippen LogP contribution >= 0.6 is 11.6 Å². The van der Waals surface area contributed by atoms with Crippen molar-refractivity contribution in [3.05, 3.63) is 28.8 Å². The molecule has 0 aliphatic carbocycles. The van der Waals surface area contributed by atoms with E-state index in [2.05, 4.69) is 10.2 Å². The molecule has 1 aliphatic rings. The number of anilines is 1. The van der Waals surface area contributed by atoms with Crippen LogP contribution in [-0.2, 0) is 11.3 Å². The van der Waals surface area contributed by atoms with E-state index in [1.54, 1.807) is 6.92 Å². The molecule has 1 aliphatic heterocycles. The third-order valence-electron chi connectivity index (χ3n) is 3.51. The van der Waals surface area contributed by atoms with Crippen LogP contribution in [0.15, 0.2) is 18.2 Å². The number of halogens is 1. The number of benzene rings is 1. The van der Waals surface area contributed by atoms with Crippen LogP contribution in [0.25, 0.3) is 0 Å². The highest BCUT2D eigenvalue weighted by Gasteiger charge is 2.21. The first kappa shape index (κ1) is 14.2. The van der Waals surface area contributed by atoms with Gasteiger partial charge in [0, 0.05) is 43.3 Å². The van der Waals surface area contributed by atoms with Gasteiger partial charge < -0.3 is 16.0 Å². The number of hydrogen-bond donors (Lipinski definition) is 2. The second-order valence-corrected chi connectivity index (χ2v) is 5.38. The van der Waals surface area contributed by atoms with E-state index in [4.69, 9.17) is 17.3 Å². The molecule has 0 unspecified atom stereocenters. The lowest BCUT2D eigenvalue weighted by Crippen LogP contribution is -2.44. The number of carbonyl (C=O) groups excluding carboxylic acids is 1. The fourth-order valence-corrected chi connectivity index (χ4v) is 2.72. The van der Waals surface area contributed by atoms with Crippen molar-refractivity contribution in [2.45, 2.75) is 32.4 Å². The molecule has 0 saturated carbocycles. The Morgan fingerprint density at radius 2 is 2.16 bits per heavy atom. The maximum Gasteiger partial charge on any atom is 0.217 e. The third-order valence-corrected chi connectivity index (χ3v) is 3.75. The van der Waals surface area contributed by atoms with Gasteiger partial charge in [0.15, 0.2) is 0 Å². The fraction of sp³-hybridized carbons (Fsp3) is 0.500. The van der Waals surface area contributed by atoms with E-state index in [9.17, 15) is 4.79 Å². The molecule has 1 amide bonds. The molecule has 19 heavy (non-hydrogen) atoms. The number of hydrogen-bond acceptors (Lipinski definition) is 3. The summed E-state index contributed by atoms with van der Waals surface area (Å²) in [6.45, 7) is 3.91. The molecule has 0 aromatic heterocycles. The van der Waals surface area contributed by atoms with Crippen LogP contribution in [0.5, 0.6) is 0 Å². The van der Waals surface area contributed by atoms with Gasteiger partial charge in [0.25, 0.3) is 0 Å². The van der Waals surface area contributed by atoms with Crippen LogP contribution in [-0.4, -0.2) is 25.0 Å². The molecule has 1 fully saturated rings. The summed E-state index contributed by atoms with van der Waals surface area (Å²) in [7, 11) is 0. The van der Waals surface area contributed by atoms with Crippen molar-refractivity contribution >= 4 is 23.2 Å².